The summed E-state index contributed by atoms with van der Waals surface area (Å²) in [5.74, 6) is 1.95. The van der Waals surface area contributed by atoms with E-state index in [0.29, 0.717) is 11.7 Å². The zero-order chi connectivity index (χ0) is 13.2. The minimum atomic E-state index is 0.413. The maximum absolute atomic E-state index is 5.83. The topological polar surface area (TPSA) is 66.0 Å². The Morgan fingerprint density at radius 1 is 1.42 bits per heavy atom. The lowest BCUT2D eigenvalue weighted by molar-refractivity contribution is 0.255. The first-order valence-corrected chi connectivity index (χ1v) is 6.69. The molecule has 0 spiro atoms. The van der Waals surface area contributed by atoms with Crippen molar-refractivity contribution in [3.63, 3.8) is 0 Å². The first-order valence-electron chi connectivity index (χ1n) is 6.69. The van der Waals surface area contributed by atoms with Gasteiger partial charge in [0.25, 0.3) is 0 Å². The molecule has 2 heterocycles. The molecule has 0 saturated carbocycles. The highest BCUT2D eigenvalue weighted by molar-refractivity contribution is 5.38. The van der Waals surface area contributed by atoms with Crippen LogP contribution >= 0.6 is 0 Å². The van der Waals surface area contributed by atoms with Crippen molar-refractivity contribution in [1.82, 2.24) is 15.0 Å². The number of ether oxygens (including phenoxy) is 1. The molecule has 1 unspecified atom stereocenters. The molecule has 100 valence electrons. The highest BCUT2D eigenvalue weighted by Crippen LogP contribution is 2.34. The number of nitrogen functional groups attached to an aromatic ring is 1. The first-order chi connectivity index (χ1) is 9.29. The SMILES string of the molecule is CCc1c(N)nnn1CC1CCOc2ccccc21. The van der Waals surface area contributed by atoms with Crippen LogP contribution in [0.5, 0.6) is 5.75 Å². The second-order valence-electron chi connectivity index (χ2n) is 4.83. The van der Waals surface area contributed by atoms with Crippen LogP contribution in [0.2, 0.25) is 0 Å². The van der Waals surface area contributed by atoms with Crippen LogP contribution in [0.1, 0.15) is 30.5 Å². The van der Waals surface area contributed by atoms with E-state index in [1.54, 1.807) is 0 Å². The average molecular weight is 258 g/mol. The summed E-state index contributed by atoms with van der Waals surface area (Å²) < 4.78 is 7.62. The van der Waals surface area contributed by atoms with Gasteiger partial charge in [0.15, 0.2) is 5.82 Å². The predicted molar refractivity (Wildman–Crippen MR) is 73.1 cm³/mol. The van der Waals surface area contributed by atoms with Gasteiger partial charge >= 0.3 is 0 Å². The van der Waals surface area contributed by atoms with Gasteiger partial charge in [0, 0.05) is 5.92 Å². The summed E-state index contributed by atoms with van der Waals surface area (Å²) in [5, 5.41) is 8.12. The lowest BCUT2D eigenvalue weighted by Gasteiger charge is -2.26. The van der Waals surface area contributed by atoms with Crippen LogP contribution in [0.15, 0.2) is 24.3 Å². The molecule has 0 bridgehead atoms. The van der Waals surface area contributed by atoms with Gasteiger partial charge in [-0.2, -0.15) is 0 Å². The third-order valence-corrected chi connectivity index (χ3v) is 3.68. The Bertz CT molecular complexity index is 579. The van der Waals surface area contributed by atoms with Gasteiger partial charge in [-0.25, -0.2) is 4.68 Å². The molecule has 0 radical (unpaired) electrons. The van der Waals surface area contributed by atoms with Crippen LogP contribution in [0.25, 0.3) is 0 Å². The number of fused-ring (bicyclic) bond motifs is 1. The number of hydrogen-bond donors (Lipinski definition) is 1. The molecule has 1 aliphatic rings. The summed E-state index contributed by atoms with van der Waals surface area (Å²) in [4.78, 5) is 0. The minimum absolute atomic E-state index is 0.413. The second kappa shape index (κ2) is 4.91. The van der Waals surface area contributed by atoms with Crippen molar-refractivity contribution < 1.29 is 4.74 Å². The summed E-state index contributed by atoms with van der Waals surface area (Å²) in [6.45, 7) is 3.64. The van der Waals surface area contributed by atoms with Crippen molar-refractivity contribution in [3.05, 3.63) is 35.5 Å². The van der Waals surface area contributed by atoms with Gasteiger partial charge in [-0.1, -0.05) is 30.3 Å². The average Bonchev–Trinajstić information content (AvgIpc) is 2.79. The van der Waals surface area contributed by atoms with Crippen molar-refractivity contribution in [3.8, 4) is 5.75 Å². The van der Waals surface area contributed by atoms with Gasteiger partial charge in [-0.05, 0) is 24.5 Å². The van der Waals surface area contributed by atoms with Crippen LogP contribution < -0.4 is 10.5 Å². The van der Waals surface area contributed by atoms with E-state index in [2.05, 4.69) is 29.4 Å². The molecule has 0 saturated heterocycles. The lowest BCUT2D eigenvalue weighted by atomic mass is 9.93. The van der Waals surface area contributed by atoms with Gasteiger partial charge < -0.3 is 10.5 Å². The Morgan fingerprint density at radius 2 is 2.26 bits per heavy atom. The number of rotatable bonds is 3. The van der Waals surface area contributed by atoms with E-state index in [9.17, 15) is 0 Å². The smallest absolute Gasteiger partial charge is 0.169 e. The van der Waals surface area contributed by atoms with Crippen molar-refractivity contribution in [2.75, 3.05) is 12.3 Å². The van der Waals surface area contributed by atoms with Crippen LogP contribution in [-0.2, 0) is 13.0 Å². The van der Waals surface area contributed by atoms with Gasteiger partial charge in [0.05, 0.1) is 18.8 Å². The van der Waals surface area contributed by atoms with E-state index in [4.69, 9.17) is 10.5 Å². The summed E-state index contributed by atoms with van der Waals surface area (Å²) in [5.41, 5.74) is 8.10. The molecule has 0 aliphatic carbocycles. The third-order valence-electron chi connectivity index (χ3n) is 3.68. The molecule has 3 rings (SSSR count). The molecule has 1 aromatic heterocycles. The number of nitrogens with zero attached hydrogens (tertiary/aromatic N) is 3. The molecular weight excluding hydrogens is 240 g/mol. The van der Waals surface area contributed by atoms with Crippen molar-refractivity contribution in [2.24, 2.45) is 0 Å². The Balaban J connectivity index is 1.88. The van der Waals surface area contributed by atoms with E-state index in [-0.39, 0.29) is 0 Å². The van der Waals surface area contributed by atoms with Crippen LogP contribution in [0.3, 0.4) is 0 Å². The monoisotopic (exact) mass is 258 g/mol. The molecule has 0 amide bonds. The molecule has 1 aliphatic heterocycles. The van der Waals surface area contributed by atoms with E-state index >= 15 is 0 Å². The number of hydrogen-bond acceptors (Lipinski definition) is 4. The fraction of sp³-hybridized carbons (Fsp3) is 0.429. The van der Waals surface area contributed by atoms with Gasteiger partial charge in [0.1, 0.15) is 5.75 Å². The number of para-hydroxylation sites is 1. The minimum Gasteiger partial charge on any atom is -0.493 e. The summed E-state index contributed by atoms with van der Waals surface area (Å²) in [6, 6.07) is 8.21. The standard InChI is InChI=1S/C14H18N4O/c1-2-12-14(15)16-17-18(12)9-10-7-8-19-13-6-4-3-5-11(10)13/h3-6,10H,2,7-9,15H2,1H3. The normalized spacial score (nSPS) is 17.8. The quantitative estimate of drug-likeness (QED) is 0.914. The highest BCUT2D eigenvalue weighted by Gasteiger charge is 2.23. The summed E-state index contributed by atoms with van der Waals surface area (Å²) in [7, 11) is 0. The molecule has 19 heavy (non-hydrogen) atoms. The molecule has 5 heteroatoms. The second-order valence-corrected chi connectivity index (χ2v) is 4.83. The van der Waals surface area contributed by atoms with Gasteiger partial charge in [0.2, 0.25) is 0 Å². The van der Waals surface area contributed by atoms with Crippen LogP contribution in [-0.4, -0.2) is 21.6 Å². The van der Waals surface area contributed by atoms with Gasteiger partial charge in [-0.15, -0.1) is 5.10 Å². The largest absolute Gasteiger partial charge is 0.493 e. The van der Waals surface area contributed by atoms with Crippen molar-refractivity contribution >= 4 is 5.82 Å². The number of benzene rings is 1. The zero-order valence-corrected chi connectivity index (χ0v) is 11.0. The Labute approximate surface area is 112 Å². The number of anilines is 1. The Morgan fingerprint density at radius 3 is 3.11 bits per heavy atom. The van der Waals surface area contributed by atoms with E-state index in [1.165, 1.54) is 5.56 Å². The fourth-order valence-electron chi connectivity index (χ4n) is 2.67. The Hall–Kier alpha value is -2.04. The highest BCUT2D eigenvalue weighted by atomic mass is 16.5. The van der Waals surface area contributed by atoms with E-state index < -0.39 is 0 Å². The maximum Gasteiger partial charge on any atom is 0.169 e. The lowest BCUT2D eigenvalue weighted by Crippen LogP contribution is -2.20. The molecular formula is C14H18N4O. The van der Waals surface area contributed by atoms with Crippen molar-refractivity contribution in [1.29, 1.82) is 0 Å². The third kappa shape index (κ3) is 2.16. The summed E-state index contributed by atoms with van der Waals surface area (Å²) in [6.07, 6.45) is 1.85. The maximum atomic E-state index is 5.83. The molecule has 2 N–H and O–H groups in total. The first kappa shape index (κ1) is 12.0. The van der Waals surface area contributed by atoms with Crippen LogP contribution in [0.4, 0.5) is 5.82 Å². The van der Waals surface area contributed by atoms with E-state index in [0.717, 1.165) is 37.4 Å². The molecule has 1 aromatic carbocycles. The number of nitrogens with two attached hydrogens (primary N) is 1. The number of aromatic nitrogens is 3. The van der Waals surface area contributed by atoms with Crippen molar-refractivity contribution in [2.45, 2.75) is 32.2 Å². The van der Waals surface area contributed by atoms with E-state index in [1.807, 2.05) is 16.8 Å². The Kier molecular flexibility index (Phi) is 3.11. The van der Waals surface area contributed by atoms with Crippen LogP contribution in [0, 0.1) is 0 Å². The van der Waals surface area contributed by atoms with Gasteiger partial charge in [-0.3, -0.25) is 0 Å². The summed E-state index contributed by atoms with van der Waals surface area (Å²) >= 11 is 0. The molecule has 5 nitrogen and oxygen atoms in total. The molecule has 0 fully saturated rings. The predicted octanol–water partition coefficient (Wildman–Crippen LogP) is 1.99. The fourth-order valence-corrected chi connectivity index (χ4v) is 2.67. The molecule has 1 atom stereocenters. The zero-order valence-electron chi connectivity index (χ0n) is 11.0. The molecule has 2 aromatic rings.